The molecule has 5 heteroatoms. The summed E-state index contributed by atoms with van der Waals surface area (Å²) in [5.74, 6) is -1.79. The first-order chi connectivity index (χ1) is 8.15. The van der Waals surface area contributed by atoms with Crippen LogP contribution < -0.4 is 10.6 Å². The van der Waals surface area contributed by atoms with Crippen molar-refractivity contribution < 1.29 is 13.6 Å². The molecule has 0 bridgehead atoms. The van der Waals surface area contributed by atoms with Crippen LogP contribution in [-0.2, 0) is 11.2 Å². The molecule has 0 radical (unpaired) electrons. The molecule has 0 atom stereocenters. The van der Waals surface area contributed by atoms with Crippen LogP contribution in [0.3, 0.4) is 0 Å². The Hall–Kier alpha value is -1.49. The monoisotopic (exact) mass is 242 g/mol. The zero-order valence-corrected chi connectivity index (χ0v) is 9.72. The lowest BCUT2D eigenvalue weighted by Gasteiger charge is -2.06. The Morgan fingerprint density at radius 2 is 2.06 bits per heavy atom. The molecule has 0 fully saturated rings. The van der Waals surface area contributed by atoms with E-state index in [0.717, 1.165) is 6.07 Å². The van der Waals surface area contributed by atoms with Crippen molar-refractivity contribution in [3.8, 4) is 0 Å². The number of carbonyl (C=O) groups excluding carboxylic acids is 1. The Morgan fingerprint density at radius 3 is 2.76 bits per heavy atom. The minimum Gasteiger partial charge on any atom is -0.356 e. The molecule has 0 heterocycles. The number of hydrogen-bond acceptors (Lipinski definition) is 2. The van der Waals surface area contributed by atoms with Gasteiger partial charge in [0.2, 0.25) is 5.91 Å². The summed E-state index contributed by atoms with van der Waals surface area (Å²) in [6.45, 7) is 0.906. The van der Waals surface area contributed by atoms with Crippen LogP contribution in [0, 0.1) is 11.6 Å². The van der Waals surface area contributed by atoms with Gasteiger partial charge in [-0.2, -0.15) is 0 Å². The van der Waals surface area contributed by atoms with Gasteiger partial charge < -0.3 is 10.6 Å². The molecule has 0 aromatic heterocycles. The average Bonchev–Trinajstić information content (AvgIpc) is 2.32. The van der Waals surface area contributed by atoms with E-state index in [9.17, 15) is 13.6 Å². The van der Waals surface area contributed by atoms with Crippen LogP contribution in [0.1, 0.15) is 12.0 Å². The second kappa shape index (κ2) is 6.96. The van der Waals surface area contributed by atoms with E-state index in [1.807, 2.05) is 0 Å². The summed E-state index contributed by atoms with van der Waals surface area (Å²) in [5, 5.41) is 5.50. The normalized spacial score (nSPS) is 10.3. The highest BCUT2D eigenvalue weighted by atomic mass is 19.2. The van der Waals surface area contributed by atoms with Crippen LogP contribution in [0.15, 0.2) is 18.2 Å². The van der Waals surface area contributed by atoms with Gasteiger partial charge in [0.25, 0.3) is 0 Å². The number of carbonyl (C=O) groups is 1. The van der Waals surface area contributed by atoms with Crippen molar-refractivity contribution in [2.24, 2.45) is 0 Å². The summed E-state index contributed by atoms with van der Waals surface area (Å²) >= 11 is 0. The summed E-state index contributed by atoms with van der Waals surface area (Å²) in [5.41, 5.74) is 0.277. The van der Waals surface area contributed by atoms with Crippen molar-refractivity contribution in [3.05, 3.63) is 35.4 Å². The third-order valence-electron chi connectivity index (χ3n) is 2.35. The van der Waals surface area contributed by atoms with E-state index in [1.54, 1.807) is 7.05 Å². The van der Waals surface area contributed by atoms with Gasteiger partial charge in [-0.3, -0.25) is 4.79 Å². The summed E-state index contributed by atoms with van der Waals surface area (Å²) < 4.78 is 26.1. The Kier molecular flexibility index (Phi) is 5.56. The van der Waals surface area contributed by atoms with Crippen LogP contribution in [0.25, 0.3) is 0 Å². The molecule has 1 rings (SSSR count). The van der Waals surface area contributed by atoms with Gasteiger partial charge in [0.1, 0.15) is 0 Å². The lowest BCUT2D eigenvalue weighted by Crippen LogP contribution is -2.28. The molecule has 0 saturated carbocycles. The molecule has 17 heavy (non-hydrogen) atoms. The zero-order chi connectivity index (χ0) is 12.7. The van der Waals surface area contributed by atoms with E-state index in [4.69, 9.17) is 0 Å². The van der Waals surface area contributed by atoms with E-state index in [1.165, 1.54) is 12.1 Å². The maximum atomic E-state index is 13.2. The molecule has 94 valence electrons. The third-order valence-corrected chi connectivity index (χ3v) is 2.35. The number of amides is 1. The average molecular weight is 242 g/mol. The van der Waals surface area contributed by atoms with Crippen LogP contribution in [-0.4, -0.2) is 26.0 Å². The number of hydrogen-bond donors (Lipinski definition) is 2. The fourth-order valence-corrected chi connectivity index (χ4v) is 1.41. The predicted octanol–water partition coefficient (Wildman–Crippen LogP) is 1.23. The Morgan fingerprint density at radius 1 is 1.29 bits per heavy atom. The summed E-state index contributed by atoms with van der Waals surface area (Å²) in [4.78, 5) is 11.2. The topological polar surface area (TPSA) is 41.1 Å². The molecule has 0 aliphatic carbocycles. The van der Waals surface area contributed by atoms with E-state index < -0.39 is 11.6 Å². The van der Waals surface area contributed by atoms with E-state index in [2.05, 4.69) is 10.6 Å². The van der Waals surface area contributed by atoms with Crippen LogP contribution >= 0.6 is 0 Å². The van der Waals surface area contributed by atoms with Gasteiger partial charge in [0.15, 0.2) is 11.6 Å². The summed E-state index contributed by atoms with van der Waals surface area (Å²) in [6.07, 6.45) is 0.664. The molecule has 3 nitrogen and oxygen atoms in total. The summed E-state index contributed by atoms with van der Waals surface area (Å²) in [6, 6.07) is 4.04. The first-order valence-electron chi connectivity index (χ1n) is 5.49. The molecule has 0 aliphatic heterocycles. The van der Waals surface area contributed by atoms with Gasteiger partial charge in [0.05, 0.1) is 0 Å². The third kappa shape index (κ3) is 4.48. The van der Waals surface area contributed by atoms with Crippen molar-refractivity contribution in [1.82, 2.24) is 10.6 Å². The summed E-state index contributed by atoms with van der Waals surface area (Å²) in [7, 11) is 1.76. The molecule has 1 amide bonds. The first-order valence-corrected chi connectivity index (χ1v) is 5.49. The molecule has 0 unspecified atom stereocenters. The number of halogens is 2. The van der Waals surface area contributed by atoms with Gasteiger partial charge in [-0.15, -0.1) is 0 Å². The number of nitrogens with one attached hydrogen (secondary N) is 2. The van der Waals surface area contributed by atoms with E-state index in [-0.39, 0.29) is 17.9 Å². The fraction of sp³-hybridized carbons (Fsp3) is 0.417. The first kappa shape index (κ1) is 13.6. The van der Waals surface area contributed by atoms with Crippen LogP contribution in [0.5, 0.6) is 0 Å². The van der Waals surface area contributed by atoms with Gasteiger partial charge in [-0.25, -0.2) is 8.78 Å². The Labute approximate surface area is 99.2 Å². The smallest absolute Gasteiger partial charge is 0.221 e. The lowest BCUT2D eigenvalue weighted by molar-refractivity contribution is -0.120. The molecule has 1 aromatic carbocycles. The van der Waals surface area contributed by atoms with Crippen molar-refractivity contribution in [1.29, 1.82) is 0 Å². The second-order valence-corrected chi connectivity index (χ2v) is 3.67. The molecule has 0 spiro atoms. The molecular weight excluding hydrogens is 226 g/mol. The quantitative estimate of drug-likeness (QED) is 0.788. The van der Waals surface area contributed by atoms with Gasteiger partial charge in [0, 0.05) is 19.5 Å². The van der Waals surface area contributed by atoms with Crippen molar-refractivity contribution in [3.63, 3.8) is 0 Å². The van der Waals surface area contributed by atoms with E-state index in [0.29, 0.717) is 19.5 Å². The molecule has 0 saturated heterocycles. The van der Waals surface area contributed by atoms with Crippen molar-refractivity contribution in [2.45, 2.75) is 12.8 Å². The van der Waals surface area contributed by atoms with Gasteiger partial charge in [-0.05, 0) is 25.1 Å². The highest BCUT2D eigenvalue weighted by Crippen LogP contribution is 2.11. The largest absolute Gasteiger partial charge is 0.356 e. The SMILES string of the molecule is CNCCC(=O)NCCc1cccc(F)c1F. The van der Waals surface area contributed by atoms with Gasteiger partial charge in [-0.1, -0.05) is 12.1 Å². The minimum atomic E-state index is -0.857. The second-order valence-electron chi connectivity index (χ2n) is 3.67. The van der Waals surface area contributed by atoms with Crippen LogP contribution in [0.4, 0.5) is 8.78 Å². The van der Waals surface area contributed by atoms with E-state index >= 15 is 0 Å². The highest BCUT2D eigenvalue weighted by molar-refractivity contribution is 5.76. The Balaban J connectivity index is 2.36. The van der Waals surface area contributed by atoms with Crippen molar-refractivity contribution >= 4 is 5.91 Å². The molecule has 1 aromatic rings. The molecule has 0 aliphatic rings. The molecular formula is C12H16F2N2O. The van der Waals surface area contributed by atoms with Crippen molar-refractivity contribution in [2.75, 3.05) is 20.1 Å². The van der Waals surface area contributed by atoms with Gasteiger partial charge >= 0.3 is 0 Å². The standard InChI is InChI=1S/C12H16F2N2O/c1-15-7-6-11(17)16-8-5-9-3-2-4-10(13)12(9)14/h2-4,15H,5-8H2,1H3,(H,16,17). The Bertz CT molecular complexity index is 383. The fourth-order valence-electron chi connectivity index (χ4n) is 1.41. The minimum absolute atomic E-state index is 0.101. The molecule has 2 N–H and O–H groups in total. The maximum Gasteiger partial charge on any atom is 0.221 e. The zero-order valence-electron chi connectivity index (χ0n) is 9.72. The highest BCUT2D eigenvalue weighted by Gasteiger charge is 2.07. The van der Waals surface area contributed by atoms with Crippen LogP contribution in [0.2, 0.25) is 0 Å². The number of benzene rings is 1. The maximum absolute atomic E-state index is 13.2. The predicted molar refractivity (Wildman–Crippen MR) is 61.6 cm³/mol. The number of rotatable bonds is 6. The lowest BCUT2D eigenvalue weighted by atomic mass is 10.1.